The molecule has 0 aliphatic carbocycles. The first-order valence-corrected chi connectivity index (χ1v) is 8.22. The maximum Gasteiger partial charge on any atom is 0.244 e. The molecule has 1 heterocycles. The summed E-state index contributed by atoms with van der Waals surface area (Å²) in [6.07, 6.45) is 4.50. The summed E-state index contributed by atoms with van der Waals surface area (Å²) in [7, 11) is 2.01. The van der Waals surface area contributed by atoms with Gasteiger partial charge in [0.15, 0.2) is 11.5 Å². The Bertz CT molecular complexity index is 849. The van der Waals surface area contributed by atoms with E-state index in [1.54, 1.807) is 0 Å². The van der Waals surface area contributed by atoms with Crippen molar-refractivity contribution in [3.8, 4) is 11.3 Å². The van der Waals surface area contributed by atoms with Crippen LogP contribution in [0.15, 0.2) is 61.1 Å². The smallest absolute Gasteiger partial charge is 0.244 e. The Labute approximate surface area is 174 Å². The van der Waals surface area contributed by atoms with Gasteiger partial charge in [0.1, 0.15) is 12.7 Å². The van der Waals surface area contributed by atoms with Gasteiger partial charge < -0.3 is 0 Å². The van der Waals surface area contributed by atoms with Crippen LogP contribution in [-0.4, -0.2) is 10.4 Å². The number of hydrogen-bond acceptors (Lipinski definition) is 1. The minimum Gasteiger partial charge on any atom is -0.295 e. The Morgan fingerprint density at radius 2 is 1.64 bits per heavy atom. The van der Waals surface area contributed by atoms with E-state index < -0.39 is 0 Å². The van der Waals surface area contributed by atoms with Gasteiger partial charge in [-0.25, -0.2) is 9.13 Å². The minimum atomic E-state index is 0. The van der Waals surface area contributed by atoms with Crippen LogP contribution in [0.3, 0.4) is 0 Å². The number of benzene rings is 2. The van der Waals surface area contributed by atoms with Crippen molar-refractivity contribution in [1.29, 1.82) is 0 Å². The van der Waals surface area contributed by atoms with Crippen molar-refractivity contribution in [3.63, 3.8) is 0 Å². The van der Waals surface area contributed by atoms with Crippen LogP contribution in [0.25, 0.3) is 11.3 Å². The van der Waals surface area contributed by atoms with E-state index in [1.807, 2.05) is 48.4 Å². The molecule has 0 atom stereocenters. The molecule has 3 rings (SSSR count). The minimum absolute atomic E-state index is 0. The van der Waals surface area contributed by atoms with Gasteiger partial charge in [-0.15, -0.1) is 0 Å². The van der Waals surface area contributed by atoms with E-state index in [2.05, 4.69) is 42.7 Å². The Balaban J connectivity index is 0.00000225. The van der Waals surface area contributed by atoms with E-state index >= 15 is 0 Å². The molecule has 1 aromatic heterocycles. The maximum atomic E-state index is 12.5. The first kappa shape index (κ1) is 19.7. The van der Waals surface area contributed by atoms with E-state index in [4.69, 9.17) is 0 Å². The second-order valence-corrected chi connectivity index (χ2v) is 6.36. The van der Waals surface area contributed by atoms with Crippen LogP contribution in [-0.2, 0) is 57.5 Å². The number of carbonyl (C=O) groups excluding carboxylic acids is 1. The molecule has 0 fully saturated rings. The van der Waals surface area contributed by atoms with Gasteiger partial charge in [0.05, 0.1) is 7.05 Å². The molecule has 25 heavy (non-hydrogen) atoms. The van der Waals surface area contributed by atoms with E-state index in [0.717, 1.165) is 16.8 Å². The molecule has 125 valence electrons. The van der Waals surface area contributed by atoms with Crippen LogP contribution in [0, 0.1) is 13.8 Å². The molecule has 0 amide bonds. The number of imidazole rings is 1. The monoisotopic (exact) mass is 408 g/mol. The summed E-state index contributed by atoms with van der Waals surface area (Å²) in [5, 5.41) is 0. The number of Topliss-reactive ketones (excluding diaryl/α,β-unsaturated/α-hetero) is 1. The van der Waals surface area contributed by atoms with Gasteiger partial charge in [-0.3, -0.25) is 4.79 Å². The number of rotatable bonds is 5. The van der Waals surface area contributed by atoms with Crippen molar-refractivity contribution in [2.75, 3.05) is 0 Å². The molecule has 4 heteroatoms. The van der Waals surface area contributed by atoms with Gasteiger partial charge in [0, 0.05) is 44.7 Å². The van der Waals surface area contributed by atoms with Crippen molar-refractivity contribution in [1.82, 2.24) is 4.57 Å². The molecule has 0 spiro atoms. The molecular weight excluding hydrogens is 385 g/mol. The first-order valence-electron chi connectivity index (χ1n) is 8.22. The van der Waals surface area contributed by atoms with Gasteiger partial charge in [0.25, 0.3) is 0 Å². The molecule has 3 aromatic rings. The topological polar surface area (TPSA) is 25.9 Å². The number of ketones is 1. The number of carbonyl (C=O) groups is 1. The number of aromatic nitrogens is 2. The van der Waals surface area contributed by atoms with Crippen molar-refractivity contribution < 1.29 is 42.1 Å². The second-order valence-electron chi connectivity index (χ2n) is 6.36. The molecule has 0 saturated carbocycles. The Hall–Kier alpha value is -1.58. The molecular formula is C21H23N2OY+. The average Bonchev–Trinajstić information content (AvgIpc) is 2.92. The summed E-state index contributed by atoms with van der Waals surface area (Å²) in [4.78, 5) is 12.5. The summed E-state index contributed by atoms with van der Waals surface area (Å²) >= 11 is 0. The van der Waals surface area contributed by atoms with Crippen LogP contribution in [0.4, 0.5) is 0 Å². The molecule has 0 N–H and O–H groups in total. The fraction of sp³-hybridized carbons (Fsp3) is 0.238. The molecule has 0 bridgehead atoms. The van der Waals surface area contributed by atoms with E-state index in [0.29, 0.717) is 13.0 Å². The molecule has 0 aliphatic heterocycles. The molecule has 1 radical (unpaired) electrons. The molecule has 3 nitrogen and oxygen atoms in total. The third-order valence-electron chi connectivity index (χ3n) is 4.44. The Morgan fingerprint density at radius 1 is 1.00 bits per heavy atom. The standard InChI is InChI=1S/C21H23N2O.Y/c1-16-8-7-9-17(2)20(16)12-19(24)13-23-14-21(22(3)15-23)18-10-5-4-6-11-18;/h4-11,14-15H,12-13H2,1-3H3;/q+1;. The molecule has 2 aromatic carbocycles. The van der Waals surface area contributed by atoms with Crippen molar-refractivity contribution >= 4 is 5.78 Å². The largest absolute Gasteiger partial charge is 0.295 e. The molecule has 0 aliphatic rings. The van der Waals surface area contributed by atoms with Gasteiger partial charge in [-0.1, -0.05) is 48.5 Å². The number of nitrogens with zero attached hydrogens (tertiary/aromatic N) is 2. The SMILES string of the molecule is Cc1cccc(C)c1CC(=O)C[n+]1cc(-c2ccccc2)n(C)c1.[Y]. The zero-order valence-electron chi connectivity index (χ0n) is 15.1. The Morgan fingerprint density at radius 3 is 2.28 bits per heavy atom. The zero-order valence-corrected chi connectivity index (χ0v) is 17.9. The van der Waals surface area contributed by atoms with Crippen LogP contribution >= 0.6 is 0 Å². The zero-order chi connectivity index (χ0) is 17.1. The first-order chi connectivity index (χ1) is 11.5. The van der Waals surface area contributed by atoms with Crippen LogP contribution < -0.4 is 4.57 Å². The maximum absolute atomic E-state index is 12.5. The van der Waals surface area contributed by atoms with Gasteiger partial charge in [0.2, 0.25) is 6.33 Å². The van der Waals surface area contributed by atoms with Crippen molar-refractivity contribution in [3.05, 3.63) is 77.7 Å². The van der Waals surface area contributed by atoms with Crippen LogP contribution in [0.5, 0.6) is 0 Å². The van der Waals surface area contributed by atoms with Crippen LogP contribution in [0.1, 0.15) is 16.7 Å². The fourth-order valence-corrected chi connectivity index (χ4v) is 3.12. The van der Waals surface area contributed by atoms with Crippen LogP contribution in [0.2, 0.25) is 0 Å². The summed E-state index contributed by atoms with van der Waals surface area (Å²) in [5.41, 5.74) is 5.79. The molecule has 0 unspecified atom stereocenters. The number of aryl methyl sites for hydroxylation is 3. The number of hydrogen-bond donors (Lipinski definition) is 0. The fourth-order valence-electron chi connectivity index (χ4n) is 3.12. The quantitative estimate of drug-likeness (QED) is 0.595. The van der Waals surface area contributed by atoms with Crippen molar-refractivity contribution in [2.24, 2.45) is 7.05 Å². The average molecular weight is 408 g/mol. The predicted octanol–water partition coefficient (Wildman–Crippen LogP) is 3.41. The van der Waals surface area contributed by atoms with E-state index in [-0.39, 0.29) is 38.5 Å². The predicted molar refractivity (Wildman–Crippen MR) is 95.7 cm³/mol. The molecule has 0 saturated heterocycles. The van der Waals surface area contributed by atoms with Gasteiger partial charge in [-0.2, -0.15) is 0 Å². The van der Waals surface area contributed by atoms with Gasteiger partial charge in [-0.05, 0) is 30.5 Å². The summed E-state index contributed by atoms with van der Waals surface area (Å²) < 4.78 is 4.03. The van der Waals surface area contributed by atoms with Gasteiger partial charge >= 0.3 is 0 Å². The third-order valence-corrected chi connectivity index (χ3v) is 4.44. The normalized spacial score (nSPS) is 10.4. The summed E-state index contributed by atoms with van der Waals surface area (Å²) in [6.45, 7) is 4.53. The second kappa shape index (κ2) is 8.69. The van der Waals surface area contributed by atoms with E-state index in [1.165, 1.54) is 11.1 Å². The van der Waals surface area contributed by atoms with Crippen molar-refractivity contribution in [2.45, 2.75) is 26.8 Å². The van der Waals surface area contributed by atoms with E-state index in [9.17, 15) is 4.79 Å². The summed E-state index contributed by atoms with van der Waals surface area (Å²) in [5.74, 6) is 0.225. The Kier molecular flexibility index (Phi) is 6.86. The third kappa shape index (κ3) is 4.74. The summed E-state index contributed by atoms with van der Waals surface area (Å²) in [6, 6.07) is 16.4.